The molecular weight excluding hydrogens is 266 g/mol. The number of nitrogens with one attached hydrogen (secondary N) is 1. The van der Waals surface area contributed by atoms with Gasteiger partial charge in [0.25, 0.3) is 0 Å². The fourth-order valence-corrected chi connectivity index (χ4v) is 2.77. The predicted octanol–water partition coefficient (Wildman–Crippen LogP) is 1.88. The second-order valence-electron chi connectivity index (χ2n) is 7.37. The molecular formula is C16H29N3O2. The van der Waals surface area contributed by atoms with Crippen LogP contribution in [0.4, 0.5) is 0 Å². The second-order valence-corrected chi connectivity index (χ2v) is 7.37. The summed E-state index contributed by atoms with van der Waals surface area (Å²) in [5.41, 5.74) is -0.410. The zero-order valence-electron chi connectivity index (χ0n) is 14.0. The van der Waals surface area contributed by atoms with Crippen LogP contribution in [0.1, 0.15) is 40.5 Å². The van der Waals surface area contributed by atoms with Crippen LogP contribution in [0.5, 0.6) is 0 Å². The van der Waals surface area contributed by atoms with Gasteiger partial charge in [-0.15, -0.1) is 0 Å². The highest BCUT2D eigenvalue weighted by Gasteiger charge is 2.35. The molecule has 0 aromatic heterocycles. The van der Waals surface area contributed by atoms with Crippen molar-refractivity contribution < 1.29 is 9.53 Å². The fourth-order valence-electron chi connectivity index (χ4n) is 2.77. The topological polar surface area (TPSA) is 53.9 Å². The summed E-state index contributed by atoms with van der Waals surface area (Å²) in [7, 11) is 1.81. The highest BCUT2D eigenvalue weighted by molar-refractivity contribution is 5.82. The highest BCUT2D eigenvalue weighted by atomic mass is 16.6. The third-order valence-electron chi connectivity index (χ3n) is 4.24. The lowest BCUT2D eigenvalue weighted by Crippen LogP contribution is -2.41. The van der Waals surface area contributed by atoms with Crippen LogP contribution in [0.15, 0.2) is 4.99 Å². The van der Waals surface area contributed by atoms with Crippen molar-refractivity contribution in [2.45, 2.75) is 46.1 Å². The van der Waals surface area contributed by atoms with Crippen LogP contribution in [0.25, 0.3) is 0 Å². The van der Waals surface area contributed by atoms with Gasteiger partial charge in [-0.25, -0.2) is 0 Å². The van der Waals surface area contributed by atoms with Gasteiger partial charge in [0.15, 0.2) is 5.96 Å². The van der Waals surface area contributed by atoms with Crippen molar-refractivity contribution in [3.8, 4) is 0 Å². The number of carbonyl (C=O) groups is 1. The zero-order chi connectivity index (χ0) is 15.6. The number of hydrogen-bond donors (Lipinski definition) is 1. The van der Waals surface area contributed by atoms with Gasteiger partial charge in [-0.05, 0) is 45.4 Å². The fraction of sp³-hybridized carbons (Fsp3) is 0.875. The first-order valence-electron chi connectivity index (χ1n) is 7.98. The molecule has 0 aromatic carbocycles. The van der Waals surface area contributed by atoms with E-state index in [4.69, 9.17) is 4.74 Å². The lowest BCUT2D eigenvalue weighted by atomic mass is 10.1. The summed E-state index contributed by atoms with van der Waals surface area (Å²) in [4.78, 5) is 18.6. The summed E-state index contributed by atoms with van der Waals surface area (Å²) < 4.78 is 5.48. The summed E-state index contributed by atoms with van der Waals surface area (Å²) in [6.07, 6.45) is 2.15. The summed E-state index contributed by atoms with van der Waals surface area (Å²) in [5, 5.41) is 3.44. The molecule has 1 saturated heterocycles. The van der Waals surface area contributed by atoms with Crippen molar-refractivity contribution in [3.63, 3.8) is 0 Å². The number of guanidine groups is 1. The lowest BCUT2D eigenvalue weighted by molar-refractivity contribution is -0.159. The normalized spacial score (nSPS) is 29.5. The monoisotopic (exact) mass is 295 g/mol. The molecule has 2 rings (SSSR count). The molecule has 1 saturated carbocycles. The quantitative estimate of drug-likeness (QED) is 0.491. The molecule has 1 aliphatic heterocycles. The molecule has 21 heavy (non-hydrogen) atoms. The summed E-state index contributed by atoms with van der Waals surface area (Å²) in [6.45, 7) is 10.6. The van der Waals surface area contributed by atoms with Crippen LogP contribution >= 0.6 is 0 Å². The van der Waals surface area contributed by atoms with Crippen molar-refractivity contribution in [1.29, 1.82) is 0 Å². The van der Waals surface area contributed by atoms with Crippen molar-refractivity contribution in [2.75, 3.05) is 26.7 Å². The number of aliphatic imine (C=N–C) groups is 1. The number of ether oxygens (including phenoxy) is 1. The van der Waals surface area contributed by atoms with E-state index < -0.39 is 5.60 Å². The van der Waals surface area contributed by atoms with Gasteiger partial charge in [-0.3, -0.25) is 9.79 Å². The molecule has 1 N–H and O–H groups in total. The molecule has 0 bridgehead atoms. The number of nitrogens with zero attached hydrogens (tertiary/aromatic N) is 2. The van der Waals surface area contributed by atoms with Crippen LogP contribution in [0, 0.1) is 17.8 Å². The number of hydrogen-bond acceptors (Lipinski definition) is 3. The summed E-state index contributed by atoms with van der Waals surface area (Å²) >= 11 is 0. The van der Waals surface area contributed by atoms with E-state index in [-0.39, 0.29) is 11.9 Å². The van der Waals surface area contributed by atoms with Crippen LogP contribution in [-0.4, -0.2) is 49.1 Å². The molecule has 1 aliphatic carbocycles. The van der Waals surface area contributed by atoms with E-state index in [9.17, 15) is 4.79 Å². The SMILES string of the molecule is CN=C(NCC1CC1C)N1CCC(C(=O)OC(C)(C)C)C1. The molecule has 0 radical (unpaired) electrons. The van der Waals surface area contributed by atoms with Gasteiger partial charge in [-0.2, -0.15) is 0 Å². The average Bonchev–Trinajstić information content (AvgIpc) is 2.89. The van der Waals surface area contributed by atoms with E-state index in [1.54, 1.807) is 7.05 Å². The van der Waals surface area contributed by atoms with Crippen molar-refractivity contribution in [3.05, 3.63) is 0 Å². The van der Waals surface area contributed by atoms with Crippen molar-refractivity contribution in [1.82, 2.24) is 10.2 Å². The minimum Gasteiger partial charge on any atom is -0.460 e. The maximum atomic E-state index is 12.1. The Morgan fingerprint density at radius 1 is 1.43 bits per heavy atom. The van der Waals surface area contributed by atoms with Crippen LogP contribution < -0.4 is 5.32 Å². The minimum absolute atomic E-state index is 0.0392. The van der Waals surface area contributed by atoms with Crippen LogP contribution in [0.3, 0.4) is 0 Å². The third-order valence-corrected chi connectivity index (χ3v) is 4.24. The highest BCUT2D eigenvalue weighted by Crippen LogP contribution is 2.36. The van der Waals surface area contributed by atoms with E-state index in [1.807, 2.05) is 20.8 Å². The molecule has 5 nitrogen and oxygen atoms in total. The Morgan fingerprint density at radius 3 is 2.62 bits per heavy atom. The van der Waals surface area contributed by atoms with Gasteiger partial charge in [0.05, 0.1) is 5.92 Å². The molecule has 3 atom stereocenters. The van der Waals surface area contributed by atoms with E-state index in [0.29, 0.717) is 6.54 Å². The van der Waals surface area contributed by atoms with Crippen LogP contribution in [-0.2, 0) is 9.53 Å². The summed E-state index contributed by atoms with van der Waals surface area (Å²) in [5.74, 6) is 2.41. The van der Waals surface area contributed by atoms with Gasteiger partial charge < -0.3 is 15.0 Å². The largest absolute Gasteiger partial charge is 0.460 e. The average molecular weight is 295 g/mol. The van der Waals surface area contributed by atoms with E-state index in [0.717, 1.165) is 37.3 Å². The molecule has 2 aliphatic rings. The second kappa shape index (κ2) is 6.24. The predicted molar refractivity (Wildman–Crippen MR) is 84.2 cm³/mol. The van der Waals surface area contributed by atoms with Gasteiger partial charge in [0, 0.05) is 26.7 Å². The third kappa shape index (κ3) is 4.61. The maximum absolute atomic E-state index is 12.1. The smallest absolute Gasteiger partial charge is 0.311 e. The van der Waals surface area contributed by atoms with E-state index >= 15 is 0 Å². The Hall–Kier alpha value is -1.26. The standard InChI is InChI=1S/C16H29N3O2/c1-11-8-13(11)9-18-15(17-5)19-7-6-12(10-19)14(20)21-16(2,3)4/h11-13H,6-10H2,1-5H3,(H,17,18). The Balaban J connectivity index is 1.81. The number of rotatable bonds is 3. The molecule has 1 heterocycles. The molecule has 0 amide bonds. The van der Waals surface area contributed by atoms with Gasteiger partial charge in [0.1, 0.15) is 5.60 Å². The van der Waals surface area contributed by atoms with E-state index in [2.05, 4.69) is 22.1 Å². The Morgan fingerprint density at radius 2 is 2.10 bits per heavy atom. The van der Waals surface area contributed by atoms with Gasteiger partial charge >= 0.3 is 5.97 Å². The maximum Gasteiger partial charge on any atom is 0.311 e. The molecule has 0 spiro atoms. The Labute approximate surface area is 128 Å². The zero-order valence-corrected chi connectivity index (χ0v) is 14.0. The number of esters is 1. The Bertz CT molecular complexity index is 414. The molecule has 5 heteroatoms. The van der Waals surface area contributed by atoms with Gasteiger partial charge in [-0.1, -0.05) is 6.92 Å². The summed E-state index contributed by atoms with van der Waals surface area (Å²) in [6, 6.07) is 0. The van der Waals surface area contributed by atoms with Crippen LogP contribution in [0.2, 0.25) is 0 Å². The molecule has 2 fully saturated rings. The molecule has 3 unspecified atom stereocenters. The van der Waals surface area contributed by atoms with Crippen molar-refractivity contribution in [2.24, 2.45) is 22.7 Å². The minimum atomic E-state index is -0.410. The first-order chi connectivity index (χ1) is 9.80. The molecule has 120 valence electrons. The first kappa shape index (κ1) is 16.1. The molecule has 0 aromatic rings. The number of carbonyl (C=O) groups excluding carboxylic acids is 1. The lowest BCUT2D eigenvalue weighted by Gasteiger charge is -2.23. The van der Waals surface area contributed by atoms with Crippen molar-refractivity contribution >= 4 is 11.9 Å². The first-order valence-corrected chi connectivity index (χ1v) is 7.98. The Kier molecular flexibility index (Phi) is 4.79. The van der Waals surface area contributed by atoms with Gasteiger partial charge in [0.2, 0.25) is 0 Å². The van der Waals surface area contributed by atoms with E-state index in [1.165, 1.54) is 6.42 Å². The number of likely N-dealkylation sites (tertiary alicyclic amines) is 1.